The number of thiol groups is 1. The number of carbonyl (C=O) groups excluding carboxylic acids is 2. The Morgan fingerprint density at radius 3 is 2.44 bits per heavy atom. The minimum atomic E-state index is -0.436. The van der Waals surface area contributed by atoms with Gasteiger partial charge in [-0.1, -0.05) is 20.8 Å². The number of nitrogens with one attached hydrogen (secondary N) is 2. The number of nitrogens with zero attached hydrogens (tertiary/aromatic N) is 1. The Hall–Kier alpha value is -0.990. The lowest BCUT2D eigenvalue weighted by Crippen LogP contribution is -2.41. The minimum Gasteiger partial charge on any atom is -0.463 e. The molecule has 2 amide bonds. The minimum absolute atomic E-state index is 0.138. The summed E-state index contributed by atoms with van der Waals surface area (Å²) in [6, 6.07) is -0.240. The maximum absolute atomic E-state index is 11.9. The van der Waals surface area contributed by atoms with Crippen molar-refractivity contribution in [2.75, 3.05) is 52.5 Å². The van der Waals surface area contributed by atoms with Gasteiger partial charge in [0.15, 0.2) is 0 Å². The number of hydrogen-bond acceptors (Lipinski definition) is 6. The number of ether oxygens (including phenoxy) is 2. The number of morpholine rings is 1. The summed E-state index contributed by atoms with van der Waals surface area (Å²) in [4.78, 5) is 25.8. The number of esters is 1. The summed E-state index contributed by atoms with van der Waals surface area (Å²) in [5, 5.41) is 5.05. The summed E-state index contributed by atoms with van der Waals surface area (Å²) < 4.78 is 10.4. The van der Waals surface area contributed by atoms with Gasteiger partial charge in [0.1, 0.15) is 11.9 Å². The fourth-order valence-corrected chi connectivity index (χ4v) is 2.79. The van der Waals surface area contributed by atoms with Crippen molar-refractivity contribution < 1.29 is 19.1 Å². The second kappa shape index (κ2) is 12.4. The molecule has 0 aromatic rings. The molecule has 146 valence electrons. The van der Waals surface area contributed by atoms with E-state index in [2.05, 4.69) is 28.2 Å². The van der Waals surface area contributed by atoms with Gasteiger partial charge < -0.3 is 20.1 Å². The first kappa shape index (κ1) is 22.1. The molecule has 1 aliphatic heterocycles. The highest BCUT2D eigenvalue weighted by atomic mass is 32.1. The number of amides is 2. The third kappa shape index (κ3) is 9.32. The molecule has 0 spiro atoms. The largest absolute Gasteiger partial charge is 0.463 e. The van der Waals surface area contributed by atoms with Crippen LogP contribution in [0.25, 0.3) is 0 Å². The molecule has 0 aromatic carbocycles. The van der Waals surface area contributed by atoms with Gasteiger partial charge in [-0.05, 0) is 24.8 Å². The molecule has 2 N–H and O–H groups in total. The van der Waals surface area contributed by atoms with Crippen LogP contribution in [-0.4, -0.2) is 74.7 Å². The van der Waals surface area contributed by atoms with Gasteiger partial charge in [0, 0.05) is 19.6 Å². The molecule has 0 aliphatic carbocycles. The zero-order valence-electron chi connectivity index (χ0n) is 15.6. The second-order valence-electron chi connectivity index (χ2n) is 6.71. The van der Waals surface area contributed by atoms with E-state index in [0.717, 1.165) is 39.3 Å². The zero-order chi connectivity index (χ0) is 18.7. The molecule has 1 fully saturated rings. The van der Waals surface area contributed by atoms with Crippen molar-refractivity contribution in [2.45, 2.75) is 32.4 Å². The highest BCUT2D eigenvalue weighted by molar-refractivity contribution is 7.81. The fourth-order valence-electron chi connectivity index (χ4n) is 2.37. The van der Waals surface area contributed by atoms with Crippen molar-refractivity contribution >= 4 is 24.6 Å². The van der Waals surface area contributed by atoms with E-state index < -0.39 is 5.25 Å². The first-order valence-electron chi connectivity index (χ1n) is 9.08. The summed E-state index contributed by atoms with van der Waals surface area (Å²) in [5.74, 6) is 0.159. The molecule has 0 saturated carbocycles. The van der Waals surface area contributed by atoms with Crippen LogP contribution < -0.4 is 10.6 Å². The third-order valence-corrected chi connectivity index (χ3v) is 5.14. The average Bonchev–Trinajstić information content (AvgIpc) is 2.61. The normalized spacial score (nSPS) is 17.8. The Morgan fingerprint density at radius 2 is 1.80 bits per heavy atom. The summed E-state index contributed by atoms with van der Waals surface area (Å²) >= 11 is 4.32. The van der Waals surface area contributed by atoms with Gasteiger partial charge in [0.2, 0.25) is 0 Å². The van der Waals surface area contributed by atoms with Crippen molar-refractivity contribution in [3.05, 3.63) is 0 Å². The van der Waals surface area contributed by atoms with Crippen LogP contribution in [0.3, 0.4) is 0 Å². The van der Waals surface area contributed by atoms with E-state index >= 15 is 0 Å². The van der Waals surface area contributed by atoms with E-state index in [1.54, 1.807) is 0 Å². The molecule has 0 radical (unpaired) electrons. The predicted octanol–water partition coefficient (Wildman–Crippen LogP) is 1.14. The molecule has 7 nitrogen and oxygen atoms in total. The van der Waals surface area contributed by atoms with Crippen molar-refractivity contribution in [3.63, 3.8) is 0 Å². The monoisotopic (exact) mass is 375 g/mol. The second-order valence-corrected chi connectivity index (χ2v) is 7.26. The summed E-state index contributed by atoms with van der Waals surface area (Å²) in [5.41, 5.74) is 0. The Labute approximate surface area is 156 Å². The van der Waals surface area contributed by atoms with Crippen molar-refractivity contribution in [1.29, 1.82) is 0 Å². The molecule has 0 bridgehead atoms. The van der Waals surface area contributed by atoms with Crippen LogP contribution in [0.2, 0.25) is 0 Å². The van der Waals surface area contributed by atoms with Gasteiger partial charge in [-0.3, -0.25) is 9.69 Å². The number of urea groups is 1. The van der Waals surface area contributed by atoms with Gasteiger partial charge in [0.05, 0.1) is 19.8 Å². The lowest BCUT2D eigenvalue weighted by molar-refractivity contribution is -0.144. The van der Waals surface area contributed by atoms with E-state index in [1.165, 1.54) is 0 Å². The van der Waals surface area contributed by atoms with E-state index in [0.29, 0.717) is 12.5 Å². The highest BCUT2D eigenvalue weighted by Gasteiger charge is 2.24. The van der Waals surface area contributed by atoms with Gasteiger partial charge in [-0.15, -0.1) is 0 Å². The van der Waals surface area contributed by atoms with Gasteiger partial charge in [-0.25, -0.2) is 4.79 Å². The quantitative estimate of drug-likeness (QED) is 0.303. The molecule has 8 heteroatoms. The lowest BCUT2D eigenvalue weighted by Gasteiger charge is -2.26. The van der Waals surface area contributed by atoms with Crippen LogP contribution in [0.15, 0.2) is 0 Å². The Morgan fingerprint density at radius 1 is 1.16 bits per heavy atom. The summed E-state index contributed by atoms with van der Waals surface area (Å²) in [7, 11) is 0. The molecule has 1 aliphatic rings. The molecule has 2 unspecified atom stereocenters. The summed E-state index contributed by atoms with van der Waals surface area (Å²) in [6.07, 6.45) is 0.900. The smallest absolute Gasteiger partial charge is 0.319 e. The van der Waals surface area contributed by atoms with E-state index in [-0.39, 0.29) is 31.1 Å². The van der Waals surface area contributed by atoms with Gasteiger partial charge in [0.25, 0.3) is 0 Å². The summed E-state index contributed by atoms with van der Waals surface area (Å²) in [6.45, 7) is 11.6. The number of hydrogen-bond donors (Lipinski definition) is 3. The number of rotatable bonds is 10. The van der Waals surface area contributed by atoms with Crippen molar-refractivity contribution in [1.82, 2.24) is 15.5 Å². The van der Waals surface area contributed by atoms with E-state index in [9.17, 15) is 9.59 Å². The van der Waals surface area contributed by atoms with Crippen LogP contribution in [0.4, 0.5) is 4.79 Å². The Balaban J connectivity index is 2.01. The fraction of sp³-hybridized carbons (Fsp3) is 0.882. The predicted molar refractivity (Wildman–Crippen MR) is 101 cm³/mol. The SMILES string of the molecule is CC(C)C(C)C(S)C(=O)OCCNC(=O)NCCCN1CCOCC1. The molecule has 25 heavy (non-hydrogen) atoms. The molecule has 0 aromatic heterocycles. The van der Waals surface area contributed by atoms with Crippen LogP contribution >= 0.6 is 12.6 Å². The molecular weight excluding hydrogens is 342 g/mol. The third-order valence-electron chi connectivity index (χ3n) is 4.46. The van der Waals surface area contributed by atoms with E-state index in [4.69, 9.17) is 9.47 Å². The van der Waals surface area contributed by atoms with Crippen LogP contribution in [0.5, 0.6) is 0 Å². The standard InChI is InChI=1S/C17H33N3O4S/c1-13(2)14(3)15(25)16(21)24-10-6-19-17(22)18-5-4-7-20-8-11-23-12-9-20/h13-15,25H,4-12H2,1-3H3,(H2,18,19,22). The first-order valence-corrected chi connectivity index (χ1v) is 9.60. The molecular formula is C17H33N3O4S. The molecule has 1 saturated heterocycles. The average molecular weight is 376 g/mol. The zero-order valence-corrected chi connectivity index (χ0v) is 16.5. The molecule has 2 atom stereocenters. The van der Waals surface area contributed by atoms with Crippen LogP contribution in [-0.2, 0) is 14.3 Å². The maximum atomic E-state index is 11.9. The maximum Gasteiger partial charge on any atom is 0.319 e. The van der Waals surface area contributed by atoms with E-state index in [1.807, 2.05) is 20.8 Å². The van der Waals surface area contributed by atoms with Crippen LogP contribution in [0, 0.1) is 11.8 Å². The Kier molecular flexibility index (Phi) is 10.9. The van der Waals surface area contributed by atoms with Crippen LogP contribution in [0.1, 0.15) is 27.2 Å². The van der Waals surface area contributed by atoms with Gasteiger partial charge in [-0.2, -0.15) is 12.6 Å². The van der Waals surface area contributed by atoms with Crippen molar-refractivity contribution in [3.8, 4) is 0 Å². The first-order chi connectivity index (χ1) is 11.9. The molecule has 1 rings (SSSR count). The number of carbonyl (C=O) groups is 2. The van der Waals surface area contributed by atoms with Crippen molar-refractivity contribution in [2.24, 2.45) is 11.8 Å². The highest BCUT2D eigenvalue weighted by Crippen LogP contribution is 2.19. The molecule has 1 heterocycles. The lowest BCUT2D eigenvalue weighted by atomic mass is 9.94. The van der Waals surface area contributed by atoms with Gasteiger partial charge >= 0.3 is 12.0 Å². The topological polar surface area (TPSA) is 79.9 Å². The Bertz CT molecular complexity index is 403.